The molecule has 0 fully saturated rings. The van der Waals surface area contributed by atoms with E-state index in [4.69, 9.17) is 12.2 Å². The maximum absolute atomic E-state index is 12.9. The summed E-state index contributed by atoms with van der Waals surface area (Å²) in [7, 11) is 0. The molecule has 0 bridgehead atoms. The second-order valence-corrected chi connectivity index (χ2v) is 8.71. The maximum Gasteiger partial charge on any atom is 0.253 e. The van der Waals surface area contributed by atoms with Crippen molar-refractivity contribution in [2.45, 2.75) is 39.4 Å². The van der Waals surface area contributed by atoms with Gasteiger partial charge in [-0.15, -0.1) is 0 Å². The Morgan fingerprint density at radius 2 is 1.64 bits per heavy atom. The minimum Gasteiger partial charge on any atom is -0.356 e. The fourth-order valence-corrected chi connectivity index (χ4v) is 4.26. The number of benzene rings is 3. The number of pyridine rings is 1. The monoisotopic (exact) mass is 455 g/mol. The number of thiocarbonyl (C=S) groups is 1. The molecule has 1 atom stereocenters. The van der Waals surface area contributed by atoms with Crippen LogP contribution in [0.4, 0.5) is 0 Å². The van der Waals surface area contributed by atoms with Crippen molar-refractivity contribution >= 4 is 28.2 Å². The third-order valence-corrected chi connectivity index (χ3v) is 6.27. The average Bonchev–Trinajstić information content (AvgIpc) is 2.84. The number of nitrogens with zero attached hydrogens (tertiary/aromatic N) is 1. The number of aromatic amines is 1. The van der Waals surface area contributed by atoms with E-state index >= 15 is 0 Å². The van der Waals surface area contributed by atoms with E-state index in [1.807, 2.05) is 48.5 Å². The summed E-state index contributed by atoms with van der Waals surface area (Å²) in [6.07, 6.45) is 0.954. The van der Waals surface area contributed by atoms with Crippen LogP contribution in [0.1, 0.15) is 42.1 Å². The number of aromatic nitrogens is 1. The number of rotatable bonds is 7. The van der Waals surface area contributed by atoms with E-state index in [0.717, 1.165) is 28.5 Å². The molecule has 0 saturated carbocycles. The minimum absolute atomic E-state index is 0.0546. The molecule has 168 valence electrons. The molecule has 0 radical (unpaired) electrons. The quantitative estimate of drug-likeness (QED) is 0.350. The first-order chi connectivity index (χ1) is 16.0. The van der Waals surface area contributed by atoms with Gasteiger partial charge >= 0.3 is 0 Å². The van der Waals surface area contributed by atoms with Crippen molar-refractivity contribution in [3.8, 4) is 0 Å². The summed E-state index contributed by atoms with van der Waals surface area (Å²) in [5, 5.41) is 5.12. The van der Waals surface area contributed by atoms with Gasteiger partial charge in [-0.3, -0.25) is 4.79 Å². The summed E-state index contributed by atoms with van der Waals surface area (Å²) in [5.41, 5.74) is 5.02. The zero-order chi connectivity index (χ0) is 23.2. The summed E-state index contributed by atoms with van der Waals surface area (Å²) in [4.78, 5) is 18.0. The van der Waals surface area contributed by atoms with Crippen molar-refractivity contribution < 1.29 is 0 Å². The Kier molecular flexibility index (Phi) is 7.20. The molecule has 0 aliphatic carbocycles. The van der Waals surface area contributed by atoms with E-state index < -0.39 is 0 Å². The van der Waals surface area contributed by atoms with E-state index in [1.54, 1.807) is 0 Å². The van der Waals surface area contributed by atoms with Crippen LogP contribution in [0.15, 0.2) is 89.7 Å². The average molecular weight is 456 g/mol. The molecule has 4 nitrogen and oxygen atoms in total. The Morgan fingerprint density at radius 1 is 0.939 bits per heavy atom. The van der Waals surface area contributed by atoms with Crippen LogP contribution in [0.3, 0.4) is 0 Å². The van der Waals surface area contributed by atoms with Gasteiger partial charge in [0.2, 0.25) is 0 Å². The van der Waals surface area contributed by atoms with Gasteiger partial charge in [0.1, 0.15) is 0 Å². The third kappa shape index (κ3) is 5.68. The molecule has 0 spiro atoms. The summed E-state index contributed by atoms with van der Waals surface area (Å²) in [6, 6.07) is 28.7. The molecular weight excluding hydrogens is 426 g/mol. The molecule has 3 aromatic carbocycles. The predicted molar refractivity (Wildman–Crippen MR) is 140 cm³/mol. The summed E-state index contributed by atoms with van der Waals surface area (Å²) < 4.78 is 0. The zero-order valence-electron chi connectivity index (χ0n) is 19.0. The highest BCUT2D eigenvalue weighted by atomic mass is 32.1. The van der Waals surface area contributed by atoms with Gasteiger partial charge in [-0.05, 0) is 65.8 Å². The normalized spacial score (nSPS) is 11.8. The molecule has 0 aliphatic rings. The molecule has 0 amide bonds. The van der Waals surface area contributed by atoms with Gasteiger partial charge in [-0.2, -0.15) is 0 Å². The van der Waals surface area contributed by atoms with Gasteiger partial charge in [0.05, 0.1) is 12.6 Å². The van der Waals surface area contributed by atoms with Crippen LogP contribution in [-0.4, -0.2) is 15.0 Å². The molecule has 1 unspecified atom stereocenters. The van der Waals surface area contributed by atoms with Crippen LogP contribution >= 0.6 is 12.2 Å². The summed E-state index contributed by atoms with van der Waals surface area (Å²) >= 11 is 5.83. The van der Waals surface area contributed by atoms with Crippen LogP contribution in [-0.2, 0) is 19.5 Å². The van der Waals surface area contributed by atoms with Crippen molar-refractivity contribution in [2.75, 3.05) is 0 Å². The largest absolute Gasteiger partial charge is 0.356 e. The SMILES string of the molecule is CCc1ccc2[nH]c(=O)c(CN(Cc3ccccc3)C(=S)NC(C)c3ccccc3)cc2c1. The van der Waals surface area contributed by atoms with Crippen molar-refractivity contribution in [1.82, 2.24) is 15.2 Å². The first-order valence-electron chi connectivity index (χ1n) is 11.3. The van der Waals surface area contributed by atoms with E-state index in [9.17, 15) is 4.79 Å². The lowest BCUT2D eigenvalue weighted by Gasteiger charge is -2.28. The van der Waals surface area contributed by atoms with Crippen LogP contribution in [0.2, 0.25) is 0 Å². The van der Waals surface area contributed by atoms with E-state index in [2.05, 4.69) is 65.4 Å². The number of H-pyrrole nitrogens is 1. The Bertz CT molecular complexity index is 1290. The number of hydrogen-bond acceptors (Lipinski definition) is 2. The highest BCUT2D eigenvalue weighted by Gasteiger charge is 2.16. The van der Waals surface area contributed by atoms with Gasteiger partial charge in [0.25, 0.3) is 5.56 Å². The molecule has 2 N–H and O–H groups in total. The first-order valence-corrected chi connectivity index (χ1v) is 11.7. The molecule has 33 heavy (non-hydrogen) atoms. The van der Waals surface area contributed by atoms with Gasteiger partial charge in [0, 0.05) is 17.6 Å². The lowest BCUT2D eigenvalue weighted by Crippen LogP contribution is -2.41. The van der Waals surface area contributed by atoms with Crippen molar-refractivity contribution in [3.63, 3.8) is 0 Å². The second-order valence-electron chi connectivity index (χ2n) is 8.32. The van der Waals surface area contributed by atoms with Crippen LogP contribution in [0.5, 0.6) is 0 Å². The van der Waals surface area contributed by atoms with Gasteiger partial charge in [-0.1, -0.05) is 73.7 Å². The number of hydrogen-bond donors (Lipinski definition) is 2. The van der Waals surface area contributed by atoms with Crippen LogP contribution < -0.4 is 10.9 Å². The van der Waals surface area contributed by atoms with E-state index in [1.165, 1.54) is 5.56 Å². The summed E-state index contributed by atoms with van der Waals surface area (Å²) in [5.74, 6) is 0. The number of aryl methyl sites for hydroxylation is 1. The minimum atomic E-state index is -0.0799. The molecule has 5 heteroatoms. The fraction of sp³-hybridized carbons (Fsp3) is 0.214. The molecular formula is C28H29N3OS. The molecule has 1 aromatic heterocycles. The fourth-order valence-electron chi connectivity index (χ4n) is 3.95. The van der Waals surface area contributed by atoms with Gasteiger partial charge < -0.3 is 15.2 Å². The van der Waals surface area contributed by atoms with Gasteiger partial charge in [0.15, 0.2) is 5.11 Å². The molecule has 4 rings (SSSR count). The molecule has 1 heterocycles. The Morgan fingerprint density at radius 3 is 2.33 bits per heavy atom. The first kappa shape index (κ1) is 22.7. The highest BCUT2D eigenvalue weighted by Crippen LogP contribution is 2.17. The lowest BCUT2D eigenvalue weighted by atomic mass is 10.1. The Hall–Kier alpha value is -3.44. The van der Waals surface area contributed by atoms with E-state index in [0.29, 0.717) is 23.8 Å². The van der Waals surface area contributed by atoms with Crippen LogP contribution in [0, 0.1) is 0 Å². The molecule has 4 aromatic rings. The molecule has 0 aliphatic heterocycles. The van der Waals surface area contributed by atoms with Gasteiger partial charge in [-0.25, -0.2) is 0 Å². The highest BCUT2D eigenvalue weighted by molar-refractivity contribution is 7.80. The Labute approximate surface area is 200 Å². The maximum atomic E-state index is 12.9. The topological polar surface area (TPSA) is 48.1 Å². The standard InChI is InChI=1S/C28H29N3OS/c1-3-21-14-15-26-24(16-21)17-25(27(32)30-26)19-31(18-22-10-6-4-7-11-22)28(33)29-20(2)23-12-8-5-9-13-23/h4-17,20H,3,18-19H2,1-2H3,(H,29,33)(H,30,32). The smallest absolute Gasteiger partial charge is 0.253 e. The van der Waals surface area contributed by atoms with Crippen molar-refractivity contribution in [2.24, 2.45) is 0 Å². The Balaban J connectivity index is 1.62. The van der Waals surface area contributed by atoms with Crippen molar-refractivity contribution in [3.05, 3.63) is 118 Å². The third-order valence-electron chi connectivity index (χ3n) is 5.90. The predicted octanol–water partition coefficient (Wildman–Crippen LogP) is 5.73. The number of nitrogens with one attached hydrogen (secondary N) is 2. The molecule has 0 saturated heterocycles. The van der Waals surface area contributed by atoms with Crippen LogP contribution in [0.25, 0.3) is 10.9 Å². The zero-order valence-corrected chi connectivity index (χ0v) is 19.9. The van der Waals surface area contributed by atoms with Crippen molar-refractivity contribution in [1.29, 1.82) is 0 Å². The van der Waals surface area contributed by atoms with E-state index in [-0.39, 0.29) is 11.6 Å². The summed E-state index contributed by atoms with van der Waals surface area (Å²) in [6.45, 7) is 5.26. The second kappa shape index (κ2) is 10.5. The lowest BCUT2D eigenvalue weighted by molar-refractivity contribution is 0.392. The number of fused-ring (bicyclic) bond motifs is 1.